The van der Waals surface area contributed by atoms with Gasteiger partial charge >= 0.3 is 11.9 Å². The molecule has 29 heavy (non-hydrogen) atoms. The van der Waals surface area contributed by atoms with E-state index in [9.17, 15) is 14.0 Å². The molecule has 0 atom stereocenters. The molecule has 0 spiro atoms. The first-order valence-electron chi connectivity index (χ1n) is 8.81. The van der Waals surface area contributed by atoms with Crippen molar-refractivity contribution in [2.75, 3.05) is 6.26 Å². The number of aliphatic imine (C=N–C) groups is 1. The Hall–Kier alpha value is -2.87. The van der Waals surface area contributed by atoms with Crippen molar-refractivity contribution < 1.29 is 28.2 Å². The summed E-state index contributed by atoms with van der Waals surface area (Å²) in [6, 6.07) is 11.1. The lowest BCUT2D eigenvalue weighted by atomic mass is 10.1. The minimum Gasteiger partial charge on any atom is -0.455 e. The average molecular weight is 417 g/mol. The van der Waals surface area contributed by atoms with Crippen molar-refractivity contribution in [3.63, 3.8) is 0 Å². The SMILES string of the molecule is CSC(=Nc1ccccc1Oc1ccc(F)cc1C)C1C(=O)OC(C)(C)OC1=O. The highest BCUT2D eigenvalue weighted by atomic mass is 32.2. The molecule has 1 fully saturated rings. The van der Waals surface area contributed by atoms with E-state index < -0.39 is 23.6 Å². The first kappa shape index (κ1) is 20.9. The third-order valence-electron chi connectivity index (χ3n) is 4.07. The second-order valence-corrected chi connectivity index (χ2v) is 7.64. The normalized spacial score (nSPS) is 16.9. The fourth-order valence-corrected chi connectivity index (χ4v) is 3.37. The van der Waals surface area contributed by atoms with Crippen LogP contribution < -0.4 is 4.74 Å². The second kappa shape index (κ2) is 8.24. The highest BCUT2D eigenvalue weighted by Gasteiger charge is 2.46. The van der Waals surface area contributed by atoms with Gasteiger partial charge in [0, 0.05) is 13.8 Å². The van der Waals surface area contributed by atoms with Crippen molar-refractivity contribution in [1.82, 2.24) is 0 Å². The van der Waals surface area contributed by atoms with E-state index in [1.165, 1.54) is 32.0 Å². The molecular formula is C21H20FNO5S. The van der Waals surface area contributed by atoms with Crippen LogP contribution in [0, 0.1) is 18.7 Å². The summed E-state index contributed by atoms with van der Waals surface area (Å²) in [7, 11) is 0. The van der Waals surface area contributed by atoms with E-state index in [1.807, 2.05) is 0 Å². The lowest BCUT2D eigenvalue weighted by Crippen LogP contribution is -2.48. The van der Waals surface area contributed by atoms with Crippen molar-refractivity contribution >= 4 is 34.4 Å². The zero-order chi connectivity index (χ0) is 21.2. The first-order valence-corrected chi connectivity index (χ1v) is 10.0. The van der Waals surface area contributed by atoms with Crippen molar-refractivity contribution in [2.45, 2.75) is 26.6 Å². The number of para-hydroxylation sites is 2. The van der Waals surface area contributed by atoms with Crippen molar-refractivity contribution in [1.29, 1.82) is 0 Å². The molecule has 0 aliphatic carbocycles. The van der Waals surface area contributed by atoms with E-state index in [-0.39, 0.29) is 10.9 Å². The number of cyclic esters (lactones) is 2. The largest absolute Gasteiger partial charge is 0.455 e. The van der Waals surface area contributed by atoms with E-state index >= 15 is 0 Å². The number of hydrogen-bond donors (Lipinski definition) is 0. The van der Waals surface area contributed by atoms with Crippen LogP contribution >= 0.6 is 11.8 Å². The Labute approximate surface area is 172 Å². The van der Waals surface area contributed by atoms with Gasteiger partial charge in [-0.3, -0.25) is 9.59 Å². The summed E-state index contributed by atoms with van der Waals surface area (Å²) in [5.74, 6) is -3.50. The van der Waals surface area contributed by atoms with Crippen molar-refractivity contribution in [2.24, 2.45) is 10.9 Å². The molecule has 0 unspecified atom stereocenters. The summed E-state index contributed by atoms with van der Waals surface area (Å²) in [6.07, 6.45) is 1.70. The maximum absolute atomic E-state index is 13.3. The molecule has 0 radical (unpaired) electrons. The van der Waals surface area contributed by atoms with Crippen LogP contribution in [0.25, 0.3) is 0 Å². The Morgan fingerprint density at radius 1 is 1.10 bits per heavy atom. The van der Waals surface area contributed by atoms with Gasteiger partial charge in [0.15, 0.2) is 5.75 Å². The monoisotopic (exact) mass is 417 g/mol. The molecule has 2 aromatic rings. The molecule has 0 bridgehead atoms. The smallest absolute Gasteiger partial charge is 0.330 e. The molecule has 3 rings (SSSR count). The van der Waals surface area contributed by atoms with E-state index in [2.05, 4.69) is 4.99 Å². The number of hydrogen-bond acceptors (Lipinski definition) is 7. The lowest BCUT2D eigenvalue weighted by Gasteiger charge is -2.32. The molecule has 1 saturated heterocycles. The fourth-order valence-electron chi connectivity index (χ4n) is 2.75. The van der Waals surface area contributed by atoms with Crippen LogP contribution in [0.1, 0.15) is 19.4 Å². The van der Waals surface area contributed by atoms with Crippen LogP contribution in [-0.2, 0) is 19.1 Å². The number of carbonyl (C=O) groups excluding carboxylic acids is 2. The number of carbonyl (C=O) groups is 2. The van der Waals surface area contributed by atoms with Gasteiger partial charge in [-0.2, -0.15) is 0 Å². The van der Waals surface area contributed by atoms with E-state index in [1.54, 1.807) is 37.4 Å². The molecule has 0 saturated carbocycles. The Bertz CT molecular complexity index is 969. The number of benzene rings is 2. The van der Waals surface area contributed by atoms with Gasteiger partial charge < -0.3 is 14.2 Å². The van der Waals surface area contributed by atoms with Crippen LogP contribution in [0.4, 0.5) is 10.1 Å². The molecule has 2 aromatic carbocycles. The number of halogens is 1. The molecule has 0 aromatic heterocycles. The number of nitrogens with zero attached hydrogens (tertiary/aromatic N) is 1. The Kier molecular flexibility index (Phi) is 5.93. The van der Waals surface area contributed by atoms with Gasteiger partial charge in [-0.25, -0.2) is 9.38 Å². The highest BCUT2D eigenvalue weighted by molar-refractivity contribution is 8.13. The third kappa shape index (κ3) is 4.76. The zero-order valence-corrected chi connectivity index (χ0v) is 17.2. The highest BCUT2D eigenvalue weighted by Crippen LogP contribution is 2.35. The number of aryl methyl sites for hydroxylation is 1. The molecule has 6 nitrogen and oxygen atoms in total. The van der Waals surface area contributed by atoms with Gasteiger partial charge in [0.05, 0.1) is 5.04 Å². The summed E-state index contributed by atoms with van der Waals surface area (Å²) in [5, 5.41) is 0.224. The van der Waals surface area contributed by atoms with E-state index in [0.29, 0.717) is 22.7 Å². The molecule has 1 heterocycles. The van der Waals surface area contributed by atoms with Gasteiger partial charge in [-0.15, -0.1) is 11.8 Å². The molecule has 1 aliphatic heterocycles. The number of thioether (sulfide) groups is 1. The van der Waals surface area contributed by atoms with Crippen LogP contribution in [0.2, 0.25) is 0 Å². The molecule has 8 heteroatoms. The fraction of sp³-hybridized carbons (Fsp3) is 0.286. The quantitative estimate of drug-likeness (QED) is 0.309. The van der Waals surface area contributed by atoms with Crippen molar-refractivity contribution in [3.8, 4) is 11.5 Å². The first-order chi connectivity index (χ1) is 13.7. The van der Waals surface area contributed by atoms with Crippen LogP contribution in [0.15, 0.2) is 47.5 Å². The van der Waals surface area contributed by atoms with Gasteiger partial charge in [0.1, 0.15) is 17.3 Å². The van der Waals surface area contributed by atoms with E-state index in [0.717, 1.165) is 11.8 Å². The molecular weight excluding hydrogens is 397 g/mol. The predicted molar refractivity (Wildman–Crippen MR) is 108 cm³/mol. The molecule has 0 N–H and O–H groups in total. The molecule has 152 valence electrons. The van der Waals surface area contributed by atoms with Crippen molar-refractivity contribution in [3.05, 3.63) is 53.8 Å². The third-order valence-corrected chi connectivity index (χ3v) is 4.82. The minimum atomic E-state index is -1.31. The second-order valence-electron chi connectivity index (χ2n) is 6.81. The van der Waals surface area contributed by atoms with Crippen LogP contribution in [0.5, 0.6) is 11.5 Å². The van der Waals surface area contributed by atoms with E-state index in [4.69, 9.17) is 14.2 Å². The summed E-state index contributed by atoms with van der Waals surface area (Å²) in [5.41, 5.74) is 1.03. The average Bonchev–Trinajstić information content (AvgIpc) is 2.62. The standard InChI is InChI=1S/C21H20FNO5S/c1-12-11-13(22)9-10-15(12)26-16-8-6-5-7-14(16)23-18(29-4)17-19(24)27-21(2,3)28-20(17)25/h5-11,17H,1-4H3. The summed E-state index contributed by atoms with van der Waals surface area (Å²) in [6.45, 7) is 4.71. The Balaban J connectivity index is 1.95. The molecule has 0 amide bonds. The molecule has 1 aliphatic rings. The van der Waals surface area contributed by atoms with Gasteiger partial charge in [0.25, 0.3) is 5.79 Å². The number of rotatable bonds is 4. The summed E-state index contributed by atoms with van der Waals surface area (Å²) in [4.78, 5) is 29.2. The lowest BCUT2D eigenvalue weighted by molar-refractivity contribution is -0.235. The minimum absolute atomic E-state index is 0.224. The predicted octanol–water partition coefficient (Wildman–Crippen LogP) is 4.77. The topological polar surface area (TPSA) is 74.2 Å². The summed E-state index contributed by atoms with van der Waals surface area (Å²) < 4.78 is 29.6. The summed E-state index contributed by atoms with van der Waals surface area (Å²) >= 11 is 1.14. The van der Waals surface area contributed by atoms with Crippen LogP contribution in [-0.4, -0.2) is 29.0 Å². The number of ether oxygens (including phenoxy) is 3. The van der Waals surface area contributed by atoms with Gasteiger partial charge in [0.2, 0.25) is 5.92 Å². The Morgan fingerprint density at radius 3 is 2.38 bits per heavy atom. The Morgan fingerprint density at radius 2 is 1.76 bits per heavy atom. The van der Waals surface area contributed by atoms with Crippen LogP contribution in [0.3, 0.4) is 0 Å². The zero-order valence-electron chi connectivity index (χ0n) is 16.4. The maximum atomic E-state index is 13.3. The van der Waals surface area contributed by atoms with Gasteiger partial charge in [-0.1, -0.05) is 12.1 Å². The maximum Gasteiger partial charge on any atom is 0.330 e. The number of esters is 2. The van der Waals surface area contributed by atoms with Gasteiger partial charge in [-0.05, 0) is 49.1 Å².